The van der Waals surface area contributed by atoms with E-state index < -0.39 is 6.10 Å². The van der Waals surface area contributed by atoms with Crippen LogP contribution >= 0.6 is 11.3 Å². The van der Waals surface area contributed by atoms with Crippen molar-refractivity contribution in [3.05, 3.63) is 21.9 Å². The van der Waals surface area contributed by atoms with Crippen molar-refractivity contribution in [2.45, 2.75) is 25.9 Å². The zero-order chi connectivity index (χ0) is 15.2. The Morgan fingerprint density at radius 1 is 1.48 bits per heavy atom. The molecule has 1 atom stereocenters. The number of nitrogens with zero attached hydrogens (tertiary/aromatic N) is 1. The summed E-state index contributed by atoms with van der Waals surface area (Å²) >= 11 is 1.45. The molecule has 1 aromatic rings. The van der Waals surface area contributed by atoms with E-state index in [0.29, 0.717) is 25.7 Å². The number of morpholine rings is 1. The summed E-state index contributed by atoms with van der Waals surface area (Å²) in [5, 5.41) is 14.8. The highest BCUT2D eigenvalue weighted by atomic mass is 32.1. The molecule has 1 aliphatic rings. The molecule has 2 N–H and O–H groups in total. The van der Waals surface area contributed by atoms with Gasteiger partial charge >= 0.3 is 0 Å². The molecular weight excluding hydrogens is 288 g/mol. The van der Waals surface area contributed by atoms with Crippen LogP contribution in [0.15, 0.2) is 11.4 Å². The molecule has 1 amide bonds. The first-order valence-electron chi connectivity index (χ1n) is 7.41. The number of β-amino-alcohol motifs (C(OH)–C–C–N with tert-alkyl or cyclic N) is 1. The van der Waals surface area contributed by atoms with Gasteiger partial charge in [-0.05, 0) is 22.9 Å². The number of thiophene rings is 1. The minimum atomic E-state index is -0.547. The maximum Gasteiger partial charge on any atom is 0.261 e. The molecule has 0 radical (unpaired) electrons. The number of aliphatic hydroxyl groups excluding tert-OH is 1. The number of hydrogen-bond acceptors (Lipinski definition) is 5. The van der Waals surface area contributed by atoms with Crippen LogP contribution in [0.25, 0.3) is 0 Å². The standard InChI is InChI=1S/C15H24N2O3S/c1-11(2)13-3-8-21-14(13)15(19)16-9-12(18)10-17-4-6-20-7-5-17/h3,8,11-12,18H,4-7,9-10H2,1-2H3,(H,16,19). The van der Waals surface area contributed by atoms with E-state index in [0.717, 1.165) is 23.5 Å². The van der Waals surface area contributed by atoms with E-state index in [1.54, 1.807) is 0 Å². The van der Waals surface area contributed by atoms with Crippen molar-refractivity contribution < 1.29 is 14.6 Å². The van der Waals surface area contributed by atoms with Gasteiger partial charge in [0.2, 0.25) is 0 Å². The van der Waals surface area contributed by atoms with Crippen molar-refractivity contribution in [1.29, 1.82) is 0 Å². The number of rotatable bonds is 6. The Kier molecular flexibility index (Phi) is 6.17. The van der Waals surface area contributed by atoms with E-state index in [2.05, 4.69) is 24.1 Å². The van der Waals surface area contributed by atoms with Gasteiger partial charge in [-0.15, -0.1) is 11.3 Å². The van der Waals surface area contributed by atoms with Crippen LogP contribution in [-0.2, 0) is 4.74 Å². The Hall–Kier alpha value is -0.950. The first kappa shape index (κ1) is 16.4. The van der Waals surface area contributed by atoms with Gasteiger partial charge in [0.15, 0.2) is 0 Å². The summed E-state index contributed by atoms with van der Waals surface area (Å²) in [6.45, 7) is 8.12. The Morgan fingerprint density at radius 2 is 2.19 bits per heavy atom. The molecule has 0 spiro atoms. The van der Waals surface area contributed by atoms with Gasteiger partial charge in [-0.25, -0.2) is 0 Å². The van der Waals surface area contributed by atoms with Gasteiger partial charge < -0.3 is 15.2 Å². The lowest BCUT2D eigenvalue weighted by Crippen LogP contribution is -2.44. The van der Waals surface area contributed by atoms with Crippen LogP contribution < -0.4 is 5.32 Å². The van der Waals surface area contributed by atoms with Gasteiger partial charge in [0.05, 0.1) is 24.2 Å². The lowest BCUT2D eigenvalue weighted by Gasteiger charge is -2.28. The zero-order valence-electron chi connectivity index (χ0n) is 12.7. The molecule has 1 aromatic heterocycles. The Labute approximate surface area is 129 Å². The monoisotopic (exact) mass is 312 g/mol. The highest BCUT2D eigenvalue weighted by Crippen LogP contribution is 2.24. The van der Waals surface area contributed by atoms with Crippen molar-refractivity contribution in [2.75, 3.05) is 39.4 Å². The van der Waals surface area contributed by atoms with E-state index in [9.17, 15) is 9.90 Å². The quantitative estimate of drug-likeness (QED) is 0.831. The summed E-state index contributed by atoms with van der Waals surface area (Å²) < 4.78 is 5.27. The van der Waals surface area contributed by atoms with Crippen molar-refractivity contribution in [2.24, 2.45) is 0 Å². The molecule has 1 aliphatic heterocycles. The predicted molar refractivity (Wildman–Crippen MR) is 84.0 cm³/mol. The first-order valence-corrected chi connectivity index (χ1v) is 8.29. The van der Waals surface area contributed by atoms with Crippen molar-refractivity contribution in [1.82, 2.24) is 10.2 Å². The van der Waals surface area contributed by atoms with Crippen molar-refractivity contribution in [3.8, 4) is 0 Å². The highest BCUT2D eigenvalue weighted by Gasteiger charge is 2.18. The molecule has 6 heteroatoms. The molecule has 1 fully saturated rings. The molecule has 0 aromatic carbocycles. The average molecular weight is 312 g/mol. The lowest BCUT2D eigenvalue weighted by molar-refractivity contribution is 0.0149. The third kappa shape index (κ3) is 4.78. The Balaban J connectivity index is 1.78. The fourth-order valence-electron chi connectivity index (χ4n) is 2.40. The van der Waals surface area contributed by atoms with Crippen LogP contribution in [0.5, 0.6) is 0 Å². The summed E-state index contributed by atoms with van der Waals surface area (Å²) in [7, 11) is 0. The van der Waals surface area contributed by atoms with Crippen LogP contribution in [0.4, 0.5) is 0 Å². The first-order chi connectivity index (χ1) is 10.1. The van der Waals surface area contributed by atoms with Gasteiger partial charge in [-0.2, -0.15) is 0 Å². The van der Waals surface area contributed by atoms with Crippen LogP contribution in [0.1, 0.15) is 35.0 Å². The topological polar surface area (TPSA) is 61.8 Å². The van der Waals surface area contributed by atoms with Gasteiger partial charge in [0.25, 0.3) is 5.91 Å². The van der Waals surface area contributed by atoms with Gasteiger partial charge in [-0.1, -0.05) is 13.8 Å². The number of nitrogens with one attached hydrogen (secondary N) is 1. The highest BCUT2D eigenvalue weighted by molar-refractivity contribution is 7.12. The van der Waals surface area contributed by atoms with E-state index in [1.807, 2.05) is 11.4 Å². The maximum atomic E-state index is 12.2. The van der Waals surface area contributed by atoms with Crippen molar-refractivity contribution >= 4 is 17.2 Å². The van der Waals surface area contributed by atoms with Gasteiger partial charge in [-0.3, -0.25) is 9.69 Å². The third-order valence-corrected chi connectivity index (χ3v) is 4.52. The second-order valence-electron chi connectivity index (χ2n) is 5.64. The molecule has 1 unspecified atom stereocenters. The summed E-state index contributed by atoms with van der Waals surface area (Å²) in [5.41, 5.74) is 1.07. The smallest absolute Gasteiger partial charge is 0.261 e. The van der Waals surface area contributed by atoms with E-state index >= 15 is 0 Å². The fraction of sp³-hybridized carbons (Fsp3) is 0.667. The number of ether oxygens (including phenoxy) is 1. The molecular formula is C15H24N2O3S. The molecule has 118 valence electrons. The number of aliphatic hydroxyl groups is 1. The van der Waals surface area contributed by atoms with Crippen LogP contribution in [0.2, 0.25) is 0 Å². The fourth-order valence-corrected chi connectivity index (χ4v) is 3.37. The molecule has 0 bridgehead atoms. The lowest BCUT2D eigenvalue weighted by atomic mass is 10.0. The van der Waals surface area contributed by atoms with Crippen molar-refractivity contribution in [3.63, 3.8) is 0 Å². The molecule has 2 rings (SSSR count). The summed E-state index contributed by atoms with van der Waals surface area (Å²) in [4.78, 5) is 15.1. The Bertz CT molecular complexity index is 456. The summed E-state index contributed by atoms with van der Waals surface area (Å²) in [6, 6.07) is 1.99. The van der Waals surface area contributed by atoms with E-state index in [-0.39, 0.29) is 12.5 Å². The van der Waals surface area contributed by atoms with Gasteiger partial charge in [0.1, 0.15) is 0 Å². The molecule has 1 saturated heterocycles. The predicted octanol–water partition coefficient (Wildman–Crippen LogP) is 1.29. The van der Waals surface area contributed by atoms with E-state index in [1.165, 1.54) is 11.3 Å². The number of carbonyl (C=O) groups excluding carboxylic acids is 1. The summed E-state index contributed by atoms with van der Waals surface area (Å²) in [6.07, 6.45) is -0.547. The molecule has 5 nitrogen and oxygen atoms in total. The molecule has 0 aliphatic carbocycles. The molecule has 2 heterocycles. The number of amides is 1. The minimum absolute atomic E-state index is 0.0882. The third-order valence-electron chi connectivity index (χ3n) is 3.59. The van der Waals surface area contributed by atoms with Crippen LogP contribution in [0.3, 0.4) is 0 Å². The van der Waals surface area contributed by atoms with Crippen LogP contribution in [-0.4, -0.2) is 61.4 Å². The SMILES string of the molecule is CC(C)c1ccsc1C(=O)NCC(O)CN1CCOCC1. The Morgan fingerprint density at radius 3 is 2.86 bits per heavy atom. The number of carbonyl (C=O) groups is 1. The second-order valence-corrected chi connectivity index (χ2v) is 6.55. The van der Waals surface area contributed by atoms with Crippen LogP contribution in [0, 0.1) is 0 Å². The van der Waals surface area contributed by atoms with Gasteiger partial charge in [0, 0.05) is 26.2 Å². The summed E-state index contributed by atoms with van der Waals surface area (Å²) in [5.74, 6) is 0.241. The minimum Gasteiger partial charge on any atom is -0.390 e. The van der Waals surface area contributed by atoms with E-state index in [4.69, 9.17) is 4.74 Å². The normalized spacial score (nSPS) is 17.9. The number of hydrogen-bond donors (Lipinski definition) is 2. The zero-order valence-corrected chi connectivity index (χ0v) is 13.5. The molecule has 21 heavy (non-hydrogen) atoms. The maximum absolute atomic E-state index is 12.2. The molecule has 0 saturated carbocycles. The second kappa shape index (κ2) is 7.89. The average Bonchev–Trinajstić information content (AvgIpc) is 2.95. The largest absolute Gasteiger partial charge is 0.390 e.